The van der Waals surface area contributed by atoms with Gasteiger partial charge in [0.15, 0.2) is 0 Å². The van der Waals surface area contributed by atoms with E-state index in [1.54, 1.807) is 0 Å². The van der Waals surface area contributed by atoms with Crippen molar-refractivity contribution >= 4 is 11.9 Å². The van der Waals surface area contributed by atoms with Gasteiger partial charge < -0.3 is 14.7 Å². The second kappa shape index (κ2) is 3.96. The monoisotopic (exact) mass is 201 g/mol. The Morgan fingerprint density at radius 1 is 1.50 bits per heavy atom. The van der Waals surface area contributed by atoms with E-state index in [4.69, 9.17) is 9.84 Å². The van der Waals surface area contributed by atoms with E-state index in [0.29, 0.717) is 19.7 Å². The molecule has 5 heteroatoms. The molecule has 0 bridgehead atoms. The van der Waals surface area contributed by atoms with Gasteiger partial charge in [-0.1, -0.05) is 0 Å². The van der Waals surface area contributed by atoms with Gasteiger partial charge in [-0.05, 0) is 13.8 Å². The van der Waals surface area contributed by atoms with Gasteiger partial charge in [0.25, 0.3) is 0 Å². The van der Waals surface area contributed by atoms with Crippen LogP contribution in [0.5, 0.6) is 0 Å². The van der Waals surface area contributed by atoms with Gasteiger partial charge in [-0.2, -0.15) is 0 Å². The van der Waals surface area contributed by atoms with E-state index in [-0.39, 0.29) is 11.5 Å². The average Bonchev–Trinajstić information content (AvgIpc) is 2.01. The summed E-state index contributed by atoms with van der Waals surface area (Å²) in [6.45, 7) is 5.17. The highest BCUT2D eigenvalue weighted by molar-refractivity contribution is 5.93. The van der Waals surface area contributed by atoms with Crippen LogP contribution in [0.4, 0.5) is 0 Å². The molecule has 0 spiro atoms. The molecule has 1 fully saturated rings. The molecule has 0 aromatic rings. The van der Waals surface area contributed by atoms with E-state index in [1.807, 2.05) is 13.8 Å². The zero-order chi connectivity index (χ0) is 10.8. The lowest BCUT2D eigenvalue weighted by Gasteiger charge is -2.37. The number of amides is 1. The summed E-state index contributed by atoms with van der Waals surface area (Å²) in [6.07, 6.45) is -0.434. The van der Waals surface area contributed by atoms with Crippen molar-refractivity contribution in [2.75, 3.05) is 19.7 Å². The summed E-state index contributed by atoms with van der Waals surface area (Å²) in [5.74, 6) is -1.42. The number of carbonyl (C=O) groups excluding carboxylic acids is 1. The molecular formula is C9H15NO4. The van der Waals surface area contributed by atoms with Crippen LogP contribution in [0.15, 0.2) is 0 Å². The van der Waals surface area contributed by atoms with E-state index >= 15 is 0 Å². The molecule has 1 amide bonds. The van der Waals surface area contributed by atoms with Crippen LogP contribution in [-0.4, -0.2) is 47.2 Å². The van der Waals surface area contributed by atoms with Gasteiger partial charge in [-0.25, -0.2) is 0 Å². The van der Waals surface area contributed by atoms with Gasteiger partial charge >= 0.3 is 5.97 Å². The number of hydrogen-bond acceptors (Lipinski definition) is 3. The fraction of sp³-hybridized carbons (Fsp3) is 0.778. The highest BCUT2D eigenvalue weighted by atomic mass is 16.5. The van der Waals surface area contributed by atoms with Crippen LogP contribution in [0.1, 0.15) is 20.3 Å². The van der Waals surface area contributed by atoms with Crippen LogP contribution in [-0.2, 0) is 14.3 Å². The summed E-state index contributed by atoms with van der Waals surface area (Å²) < 4.78 is 5.41. The molecule has 1 aliphatic rings. The van der Waals surface area contributed by atoms with Crippen molar-refractivity contribution in [3.8, 4) is 0 Å². The van der Waals surface area contributed by atoms with E-state index < -0.39 is 12.4 Å². The molecule has 1 aliphatic heterocycles. The van der Waals surface area contributed by atoms with Crippen molar-refractivity contribution in [2.45, 2.75) is 25.9 Å². The topological polar surface area (TPSA) is 66.8 Å². The summed E-state index contributed by atoms with van der Waals surface area (Å²) in [4.78, 5) is 23.3. The summed E-state index contributed by atoms with van der Waals surface area (Å²) in [6, 6.07) is 0. The summed E-state index contributed by atoms with van der Waals surface area (Å²) in [5, 5.41) is 8.47. The summed E-state index contributed by atoms with van der Waals surface area (Å²) >= 11 is 0. The molecule has 0 radical (unpaired) electrons. The highest BCUT2D eigenvalue weighted by Crippen LogP contribution is 2.16. The molecule has 1 saturated heterocycles. The first-order chi connectivity index (χ1) is 6.41. The second-order valence-electron chi connectivity index (χ2n) is 3.99. The third kappa shape index (κ3) is 2.99. The third-order valence-electron chi connectivity index (χ3n) is 2.08. The van der Waals surface area contributed by atoms with Gasteiger partial charge in [0, 0.05) is 13.1 Å². The first-order valence-corrected chi connectivity index (χ1v) is 4.54. The Labute approximate surface area is 82.6 Å². The molecule has 5 nitrogen and oxygen atoms in total. The smallest absolute Gasteiger partial charge is 0.312 e. The minimum Gasteiger partial charge on any atom is -0.481 e. The zero-order valence-electron chi connectivity index (χ0n) is 8.45. The maximum absolute atomic E-state index is 11.4. The number of carbonyl (C=O) groups is 2. The number of rotatable bonds is 2. The summed E-state index contributed by atoms with van der Waals surface area (Å²) in [5.41, 5.74) is -0.369. The van der Waals surface area contributed by atoms with E-state index in [1.165, 1.54) is 4.90 Å². The Morgan fingerprint density at radius 2 is 2.14 bits per heavy atom. The molecule has 1 rings (SSSR count). The fourth-order valence-electron chi connectivity index (χ4n) is 1.47. The molecule has 0 aromatic carbocycles. The highest BCUT2D eigenvalue weighted by Gasteiger charge is 2.30. The van der Waals surface area contributed by atoms with Crippen molar-refractivity contribution in [3.63, 3.8) is 0 Å². The van der Waals surface area contributed by atoms with Gasteiger partial charge in [0.1, 0.15) is 6.42 Å². The Kier molecular flexibility index (Phi) is 3.10. The van der Waals surface area contributed by atoms with Crippen molar-refractivity contribution in [1.29, 1.82) is 0 Å². The number of hydrogen-bond donors (Lipinski definition) is 1. The Hall–Kier alpha value is -1.10. The number of aliphatic carboxylic acids is 1. The molecule has 0 saturated carbocycles. The predicted octanol–water partition coefficient (Wildman–Crippen LogP) is 0.0985. The number of morpholine rings is 1. The van der Waals surface area contributed by atoms with Gasteiger partial charge in [0.2, 0.25) is 5.91 Å². The Morgan fingerprint density at radius 3 is 2.64 bits per heavy atom. The standard InChI is InChI=1S/C9H15NO4/c1-9(2)6-10(3-4-14-9)7(11)5-8(12)13/h3-6H2,1-2H3,(H,12,13). The maximum atomic E-state index is 11.4. The van der Waals surface area contributed by atoms with E-state index in [0.717, 1.165) is 0 Å². The number of ether oxygens (including phenoxy) is 1. The zero-order valence-corrected chi connectivity index (χ0v) is 8.45. The quantitative estimate of drug-likeness (QED) is 0.643. The largest absolute Gasteiger partial charge is 0.481 e. The van der Waals surface area contributed by atoms with Crippen LogP contribution >= 0.6 is 0 Å². The van der Waals surface area contributed by atoms with Crippen LogP contribution < -0.4 is 0 Å². The van der Waals surface area contributed by atoms with Crippen molar-refractivity contribution < 1.29 is 19.4 Å². The van der Waals surface area contributed by atoms with Crippen molar-refractivity contribution in [2.24, 2.45) is 0 Å². The fourth-order valence-corrected chi connectivity index (χ4v) is 1.47. The van der Waals surface area contributed by atoms with Gasteiger partial charge in [-0.15, -0.1) is 0 Å². The number of nitrogens with zero attached hydrogens (tertiary/aromatic N) is 1. The first-order valence-electron chi connectivity index (χ1n) is 4.54. The predicted molar refractivity (Wildman–Crippen MR) is 48.9 cm³/mol. The van der Waals surface area contributed by atoms with Crippen LogP contribution in [0.2, 0.25) is 0 Å². The SMILES string of the molecule is CC1(C)CN(C(=O)CC(=O)O)CCO1. The van der Waals surface area contributed by atoms with Gasteiger partial charge in [-0.3, -0.25) is 9.59 Å². The minimum absolute atomic E-state index is 0.339. The van der Waals surface area contributed by atoms with E-state index in [2.05, 4.69) is 0 Å². The van der Waals surface area contributed by atoms with Crippen LogP contribution in [0, 0.1) is 0 Å². The molecule has 80 valence electrons. The van der Waals surface area contributed by atoms with Crippen molar-refractivity contribution in [3.05, 3.63) is 0 Å². The lowest BCUT2D eigenvalue weighted by Crippen LogP contribution is -2.50. The Balaban J connectivity index is 2.52. The molecule has 14 heavy (non-hydrogen) atoms. The molecule has 1 N–H and O–H groups in total. The maximum Gasteiger partial charge on any atom is 0.312 e. The molecule has 0 unspecified atom stereocenters. The molecule has 0 atom stereocenters. The molecular weight excluding hydrogens is 186 g/mol. The Bertz CT molecular complexity index is 249. The van der Waals surface area contributed by atoms with E-state index in [9.17, 15) is 9.59 Å². The molecule has 0 aromatic heterocycles. The summed E-state index contributed by atoms with van der Waals surface area (Å²) in [7, 11) is 0. The lowest BCUT2D eigenvalue weighted by atomic mass is 10.1. The average molecular weight is 201 g/mol. The second-order valence-corrected chi connectivity index (χ2v) is 3.99. The lowest BCUT2D eigenvalue weighted by molar-refractivity contribution is -0.152. The normalized spacial score (nSPS) is 20.6. The number of carboxylic acids is 1. The van der Waals surface area contributed by atoms with Crippen LogP contribution in [0.25, 0.3) is 0 Å². The third-order valence-corrected chi connectivity index (χ3v) is 2.08. The molecule has 0 aliphatic carbocycles. The van der Waals surface area contributed by atoms with Crippen LogP contribution in [0.3, 0.4) is 0 Å². The minimum atomic E-state index is -1.08. The van der Waals surface area contributed by atoms with Gasteiger partial charge in [0.05, 0.1) is 12.2 Å². The number of carboxylic acid groups (broad SMARTS) is 1. The van der Waals surface area contributed by atoms with Crippen molar-refractivity contribution in [1.82, 2.24) is 4.90 Å². The first kappa shape index (κ1) is 11.0. The molecule has 1 heterocycles.